The molecule has 0 aliphatic heterocycles. The number of carbonyl (C=O) groups is 1. The van der Waals surface area contributed by atoms with E-state index in [4.69, 9.17) is 13.6 Å². The van der Waals surface area contributed by atoms with Crippen LogP contribution in [0.25, 0.3) is 32.7 Å². The smallest absolute Gasteiger partial charge is 0.344 e. The highest BCUT2D eigenvalue weighted by molar-refractivity contribution is 6.22. The maximum atomic E-state index is 12.6. The zero-order chi connectivity index (χ0) is 24.6. The molecule has 13 heteroatoms. The molecular formula is C21H10O13. The molecule has 0 aliphatic rings. The Kier molecular flexibility index (Phi) is 3.98. The van der Waals surface area contributed by atoms with Crippen molar-refractivity contribution in [1.29, 1.82) is 0 Å². The Morgan fingerprint density at radius 2 is 1.21 bits per heavy atom. The predicted molar refractivity (Wildman–Crippen MR) is 111 cm³/mol. The number of benzene rings is 3. The summed E-state index contributed by atoms with van der Waals surface area (Å²) in [6, 6.07) is 2.26. The third-order valence-electron chi connectivity index (χ3n) is 5.17. The summed E-state index contributed by atoms with van der Waals surface area (Å²) >= 11 is 0. The zero-order valence-electron chi connectivity index (χ0n) is 16.3. The van der Waals surface area contributed by atoms with Crippen LogP contribution in [0.4, 0.5) is 0 Å². The number of hydrogen-bond acceptors (Lipinski definition) is 12. The zero-order valence-corrected chi connectivity index (χ0v) is 16.3. The van der Waals surface area contributed by atoms with Gasteiger partial charge < -0.3 is 49.3 Å². The molecule has 7 N–H and O–H groups in total. The van der Waals surface area contributed by atoms with E-state index in [2.05, 4.69) is 0 Å². The summed E-state index contributed by atoms with van der Waals surface area (Å²) in [4.78, 5) is 36.7. The Bertz CT molecular complexity index is 1810. The molecule has 0 bridgehead atoms. The second-order valence-electron chi connectivity index (χ2n) is 7.13. The molecule has 0 radical (unpaired) electrons. The summed E-state index contributed by atoms with van der Waals surface area (Å²) in [7, 11) is 0. The van der Waals surface area contributed by atoms with Gasteiger partial charge in [0, 0.05) is 16.8 Å². The van der Waals surface area contributed by atoms with Crippen LogP contribution in [-0.4, -0.2) is 41.7 Å². The van der Waals surface area contributed by atoms with Crippen LogP contribution in [0.5, 0.6) is 46.0 Å². The number of phenolic OH excluding ortho intramolecular Hbond substituents is 6. The molecule has 2 aromatic heterocycles. The van der Waals surface area contributed by atoms with Crippen molar-refractivity contribution in [3.8, 4) is 46.0 Å². The van der Waals surface area contributed by atoms with Gasteiger partial charge in [-0.2, -0.15) is 0 Å². The molecule has 0 unspecified atom stereocenters. The summed E-state index contributed by atoms with van der Waals surface area (Å²) in [6.07, 6.45) is 0. The number of ether oxygens (including phenoxy) is 1. The van der Waals surface area contributed by atoms with Gasteiger partial charge in [-0.05, 0) is 12.1 Å². The molecule has 2 heterocycles. The van der Waals surface area contributed by atoms with Gasteiger partial charge >= 0.3 is 17.2 Å². The molecule has 0 saturated carbocycles. The summed E-state index contributed by atoms with van der Waals surface area (Å²) in [5.74, 6) is -9.25. The Morgan fingerprint density at radius 1 is 0.676 bits per heavy atom. The Balaban J connectivity index is 1.95. The molecule has 0 aliphatic carbocycles. The molecule has 0 spiro atoms. The van der Waals surface area contributed by atoms with Gasteiger partial charge in [0.05, 0.1) is 10.8 Å². The fourth-order valence-electron chi connectivity index (χ4n) is 3.66. The van der Waals surface area contributed by atoms with E-state index < -0.39 is 79.9 Å². The van der Waals surface area contributed by atoms with E-state index in [0.29, 0.717) is 6.07 Å². The van der Waals surface area contributed by atoms with Crippen LogP contribution in [0.1, 0.15) is 10.4 Å². The topological polar surface area (TPSA) is 228 Å². The monoisotopic (exact) mass is 470 g/mol. The molecule has 5 rings (SSSR count). The van der Waals surface area contributed by atoms with Crippen LogP contribution in [0.2, 0.25) is 0 Å². The van der Waals surface area contributed by atoms with Crippen LogP contribution in [0, 0.1) is 0 Å². The average Bonchev–Trinajstić information content (AvgIpc) is 2.77. The first kappa shape index (κ1) is 20.6. The van der Waals surface area contributed by atoms with Crippen molar-refractivity contribution in [3.63, 3.8) is 0 Å². The lowest BCUT2D eigenvalue weighted by Crippen LogP contribution is -2.08. The van der Waals surface area contributed by atoms with Crippen molar-refractivity contribution in [2.75, 3.05) is 0 Å². The molecule has 13 nitrogen and oxygen atoms in total. The van der Waals surface area contributed by atoms with E-state index in [1.807, 2.05) is 0 Å². The van der Waals surface area contributed by atoms with Crippen molar-refractivity contribution in [3.05, 3.63) is 44.6 Å². The van der Waals surface area contributed by atoms with Gasteiger partial charge in [-0.15, -0.1) is 0 Å². The lowest BCUT2D eigenvalue weighted by molar-refractivity contribution is 0.0692. The first-order valence-corrected chi connectivity index (χ1v) is 9.13. The minimum absolute atomic E-state index is 0.183. The van der Waals surface area contributed by atoms with Crippen molar-refractivity contribution in [1.82, 2.24) is 0 Å². The van der Waals surface area contributed by atoms with Crippen LogP contribution in [-0.2, 0) is 0 Å². The highest BCUT2D eigenvalue weighted by Crippen LogP contribution is 2.50. The van der Waals surface area contributed by atoms with Gasteiger partial charge in [0.1, 0.15) is 5.56 Å². The van der Waals surface area contributed by atoms with Gasteiger partial charge in [0.2, 0.25) is 23.0 Å². The minimum Gasteiger partial charge on any atom is -0.504 e. The molecule has 0 amide bonds. The minimum atomic E-state index is -1.71. The van der Waals surface area contributed by atoms with E-state index in [1.54, 1.807) is 0 Å². The lowest BCUT2D eigenvalue weighted by atomic mass is 10.0. The van der Waals surface area contributed by atoms with E-state index in [9.17, 15) is 50.1 Å². The van der Waals surface area contributed by atoms with E-state index in [0.717, 1.165) is 12.1 Å². The summed E-state index contributed by atoms with van der Waals surface area (Å²) in [5.41, 5.74) is -4.26. The molecule has 5 aromatic rings. The van der Waals surface area contributed by atoms with Crippen LogP contribution in [0.15, 0.2) is 36.6 Å². The second kappa shape index (κ2) is 6.59. The standard InChI is InChI=1S/C21H10O13/c22-7-3-6(19(28)29)15(14(27)12(7)25)32-16-9(24)2-5-11-10-4(21(31)34-18(11)16)1-8(23)13(26)17(10)33-20(5)30/h1-3,22-27H,(H,28,29). The third-order valence-corrected chi connectivity index (χ3v) is 5.17. The molecular weight excluding hydrogens is 460 g/mol. The van der Waals surface area contributed by atoms with Gasteiger partial charge in [-0.25, -0.2) is 14.4 Å². The molecule has 0 atom stereocenters. The maximum Gasteiger partial charge on any atom is 0.344 e. The first-order valence-electron chi connectivity index (χ1n) is 9.13. The van der Waals surface area contributed by atoms with Crippen molar-refractivity contribution in [2.45, 2.75) is 0 Å². The summed E-state index contributed by atoms with van der Waals surface area (Å²) in [5, 5.41) is 68.5. The van der Waals surface area contributed by atoms with E-state index >= 15 is 0 Å². The molecule has 34 heavy (non-hydrogen) atoms. The van der Waals surface area contributed by atoms with Gasteiger partial charge in [-0.3, -0.25) is 0 Å². The van der Waals surface area contributed by atoms with Crippen molar-refractivity contribution in [2.24, 2.45) is 0 Å². The SMILES string of the molecule is O=C(O)c1cc(O)c(O)c(O)c1Oc1c(O)cc2c(=O)oc3c(O)c(O)cc4c(=O)oc1c2c34. The van der Waals surface area contributed by atoms with Crippen LogP contribution in [0.3, 0.4) is 0 Å². The highest BCUT2D eigenvalue weighted by atomic mass is 16.5. The van der Waals surface area contributed by atoms with E-state index in [-0.39, 0.29) is 21.5 Å². The number of phenols is 6. The van der Waals surface area contributed by atoms with Crippen LogP contribution >= 0.6 is 0 Å². The molecule has 3 aromatic carbocycles. The van der Waals surface area contributed by atoms with Crippen molar-refractivity contribution >= 4 is 38.7 Å². The quantitative estimate of drug-likeness (QED) is 0.114. The average molecular weight is 470 g/mol. The Morgan fingerprint density at radius 3 is 1.82 bits per heavy atom. The maximum absolute atomic E-state index is 12.6. The largest absolute Gasteiger partial charge is 0.504 e. The number of rotatable bonds is 3. The second-order valence-corrected chi connectivity index (χ2v) is 7.13. The highest BCUT2D eigenvalue weighted by Gasteiger charge is 2.29. The normalized spacial score (nSPS) is 11.5. The summed E-state index contributed by atoms with van der Waals surface area (Å²) < 4.78 is 15.5. The van der Waals surface area contributed by atoms with Crippen molar-refractivity contribution < 1.29 is 54.1 Å². The van der Waals surface area contributed by atoms with Gasteiger partial charge in [0.15, 0.2) is 34.2 Å². The third kappa shape index (κ3) is 2.57. The molecule has 0 saturated heterocycles. The fraction of sp³-hybridized carbons (Fsp3) is 0. The Hall–Kier alpha value is -5.33. The number of aromatic hydroxyl groups is 6. The van der Waals surface area contributed by atoms with Crippen LogP contribution < -0.4 is 16.0 Å². The van der Waals surface area contributed by atoms with Gasteiger partial charge in [0.25, 0.3) is 0 Å². The molecule has 0 fully saturated rings. The first-order chi connectivity index (χ1) is 16.0. The number of hydrogen-bond donors (Lipinski definition) is 7. The van der Waals surface area contributed by atoms with E-state index in [1.165, 1.54) is 0 Å². The number of aromatic carboxylic acids is 1. The number of carboxylic acids is 1. The lowest BCUT2D eigenvalue weighted by Gasteiger charge is -2.16. The fourth-order valence-corrected chi connectivity index (χ4v) is 3.66. The number of carboxylic acid groups (broad SMARTS) is 1. The molecule has 172 valence electrons. The predicted octanol–water partition coefficient (Wildman–Crippen LogP) is 2.21. The van der Waals surface area contributed by atoms with Gasteiger partial charge in [-0.1, -0.05) is 0 Å². The summed E-state index contributed by atoms with van der Waals surface area (Å²) in [6.45, 7) is 0. The Labute approximate surface area is 184 Å².